The molecule has 3 rings (SSSR count). The Hall–Kier alpha value is -2.61. The van der Waals surface area contributed by atoms with Crippen LogP contribution in [0.3, 0.4) is 0 Å². The number of aromatic nitrogens is 2. The molecule has 26 heavy (non-hydrogen) atoms. The second-order valence-electron chi connectivity index (χ2n) is 5.80. The Balaban J connectivity index is 1.90. The van der Waals surface area contributed by atoms with E-state index < -0.39 is 18.5 Å². The van der Waals surface area contributed by atoms with Gasteiger partial charge in [0.1, 0.15) is 12.1 Å². The van der Waals surface area contributed by atoms with Crippen LogP contribution in [0, 0.1) is 0 Å². The number of para-hydroxylation sites is 1. The summed E-state index contributed by atoms with van der Waals surface area (Å²) in [4.78, 5) is 13.8. The van der Waals surface area contributed by atoms with Gasteiger partial charge in [-0.15, -0.1) is 11.3 Å². The summed E-state index contributed by atoms with van der Waals surface area (Å²) in [6.07, 6.45) is -4.23. The van der Waals surface area contributed by atoms with Crippen LogP contribution in [-0.4, -0.2) is 33.8 Å². The van der Waals surface area contributed by atoms with Crippen molar-refractivity contribution in [2.45, 2.75) is 19.1 Å². The molecule has 0 bridgehead atoms. The predicted molar refractivity (Wildman–Crippen MR) is 94.0 cm³/mol. The molecule has 136 valence electrons. The summed E-state index contributed by atoms with van der Waals surface area (Å²) < 4.78 is 39.1. The first-order valence-electron chi connectivity index (χ1n) is 7.82. The number of hydrogen-bond acceptors (Lipinski definition) is 3. The maximum Gasteiger partial charge on any atom is 0.397 e. The standard InChI is InChI=1S/C18H16F3N3OS/c1-23(16(25)10-18(19,20)21)11-13-12-24(14-6-3-2-4-7-14)22-17(13)15-8-5-9-26-15/h2-9,12H,10-11H2,1H3. The molecule has 0 fully saturated rings. The summed E-state index contributed by atoms with van der Waals surface area (Å²) in [5.74, 6) is -0.970. The molecule has 0 spiro atoms. The van der Waals surface area contributed by atoms with E-state index in [1.54, 1.807) is 10.9 Å². The summed E-state index contributed by atoms with van der Waals surface area (Å²) in [5, 5.41) is 6.48. The lowest BCUT2D eigenvalue weighted by Gasteiger charge is -2.17. The molecule has 0 unspecified atom stereocenters. The monoisotopic (exact) mass is 379 g/mol. The summed E-state index contributed by atoms with van der Waals surface area (Å²) in [5.41, 5.74) is 2.19. The Kier molecular flexibility index (Phi) is 5.13. The number of alkyl halides is 3. The minimum absolute atomic E-state index is 0.0506. The number of thiophene rings is 1. The molecule has 2 aromatic heterocycles. The molecule has 1 amide bonds. The smallest absolute Gasteiger partial charge is 0.341 e. The van der Waals surface area contributed by atoms with Crippen molar-refractivity contribution in [3.63, 3.8) is 0 Å². The van der Waals surface area contributed by atoms with Crippen LogP contribution < -0.4 is 0 Å². The number of hydrogen-bond donors (Lipinski definition) is 0. The van der Waals surface area contributed by atoms with Crippen molar-refractivity contribution in [1.29, 1.82) is 0 Å². The summed E-state index contributed by atoms with van der Waals surface area (Å²) in [6.45, 7) is 0.0506. The van der Waals surface area contributed by atoms with E-state index in [-0.39, 0.29) is 6.54 Å². The van der Waals surface area contributed by atoms with Gasteiger partial charge in [0.15, 0.2) is 0 Å². The van der Waals surface area contributed by atoms with Crippen molar-refractivity contribution in [1.82, 2.24) is 14.7 Å². The molecule has 0 radical (unpaired) electrons. The van der Waals surface area contributed by atoms with Crippen molar-refractivity contribution < 1.29 is 18.0 Å². The highest BCUT2D eigenvalue weighted by molar-refractivity contribution is 7.13. The zero-order valence-electron chi connectivity index (χ0n) is 13.9. The minimum Gasteiger partial charge on any atom is -0.341 e. The zero-order chi connectivity index (χ0) is 18.7. The number of rotatable bonds is 5. The first-order valence-corrected chi connectivity index (χ1v) is 8.70. The van der Waals surface area contributed by atoms with E-state index in [9.17, 15) is 18.0 Å². The van der Waals surface area contributed by atoms with Gasteiger partial charge in [-0.25, -0.2) is 4.68 Å². The van der Waals surface area contributed by atoms with Gasteiger partial charge >= 0.3 is 6.18 Å². The molecule has 0 aliphatic rings. The van der Waals surface area contributed by atoms with Gasteiger partial charge in [-0.3, -0.25) is 4.79 Å². The molecule has 0 aliphatic carbocycles. The van der Waals surface area contributed by atoms with Crippen LogP contribution in [0.2, 0.25) is 0 Å². The van der Waals surface area contributed by atoms with E-state index in [0.717, 1.165) is 15.5 Å². The Morgan fingerprint density at radius 2 is 1.92 bits per heavy atom. The third-order valence-corrected chi connectivity index (χ3v) is 4.63. The molecular weight excluding hydrogens is 363 g/mol. The molecule has 3 aromatic rings. The van der Waals surface area contributed by atoms with E-state index in [1.165, 1.54) is 18.4 Å². The maximum absolute atomic E-state index is 12.5. The summed E-state index contributed by atoms with van der Waals surface area (Å²) in [7, 11) is 1.37. The predicted octanol–water partition coefficient (Wildman–Crippen LogP) is 4.51. The molecule has 1 aromatic carbocycles. The highest BCUT2D eigenvalue weighted by atomic mass is 32.1. The molecule has 0 N–H and O–H groups in total. The van der Waals surface area contributed by atoms with Crippen LogP contribution in [-0.2, 0) is 11.3 Å². The third kappa shape index (κ3) is 4.32. The van der Waals surface area contributed by atoms with Crippen LogP contribution in [0.25, 0.3) is 16.3 Å². The van der Waals surface area contributed by atoms with Gasteiger partial charge in [-0.05, 0) is 23.6 Å². The van der Waals surface area contributed by atoms with Gasteiger partial charge in [0.2, 0.25) is 5.91 Å². The Labute approximate surface area is 152 Å². The first-order chi connectivity index (χ1) is 12.3. The Bertz CT molecular complexity index is 873. The van der Waals surface area contributed by atoms with Gasteiger partial charge in [0.25, 0.3) is 0 Å². The van der Waals surface area contributed by atoms with Crippen molar-refractivity contribution in [2.24, 2.45) is 0 Å². The fourth-order valence-electron chi connectivity index (χ4n) is 2.51. The largest absolute Gasteiger partial charge is 0.397 e. The average molecular weight is 379 g/mol. The van der Waals surface area contributed by atoms with Gasteiger partial charge in [0, 0.05) is 25.4 Å². The highest BCUT2D eigenvalue weighted by Crippen LogP contribution is 2.29. The molecule has 0 aliphatic heterocycles. The molecule has 0 atom stereocenters. The Morgan fingerprint density at radius 1 is 1.19 bits per heavy atom. The highest BCUT2D eigenvalue weighted by Gasteiger charge is 2.33. The number of benzene rings is 1. The number of carbonyl (C=O) groups excluding carboxylic acids is 1. The van der Waals surface area contributed by atoms with Crippen LogP contribution in [0.5, 0.6) is 0 Å². The summed E-state index contributed by atoms with van der Waals surface area (Å²) in [6, 6.07) is 13.2. The Morgan fingerprint density at radius 3 is 2.54 bits per heavy atom. The van der Waals surface area contributed by atoms with E-state index in [4.69, 9.17) is 0 Å². The van der Waals surface area contributed by atoms with E-state index in [0.29, 0.717) is 11.3 Å². The zero-order valence-corrected chi connectivity index (χ0v) is 14.7. The molecule has 8 heteroatoms. The third-order valence-electron chi connectivity index (χ3n) is 3.75. The molecule has 0 saturated heterocycles. The quantitative estimate of drug-likeness (QED) is 0.654. The SMILES string of the molecule is CN(Cc1cn(-c2ccccc2)nc1-c1cccs1)C(=O)CC(F)(F)F. The van der Waals surface area contributed by atoms with Crippen molar-refractivity contribution in [3.8, 4) is 16.3 Å². The molecule has 4 nitrogen and oxygen atoms in total. The van der Waals surface area contributed by atoms with Crippen molar-refractivity contribution in [3.05, 3.63) is 59.6 Å². The van der Waals surface area contributed by atoms with Gasteiger partial charge in [0.05, 0.1) is 10.6 Å². The number of halogens is 3. The molecular formula is C18H16F3N3OS. The van der Waals surface area contributed by atoms with Crippen LogP contribution in [0.1, 0.15) is 12.0 Å². The van der Waals surface area contributed by atoms with Crippen molar-refractivity contribution in [2.75, 3.05) is 7.05 Å². The molecule has 0 saturated carbocycles. The average Bonchev–Trinajstić information content (AvgIpc) is 3.23. The topological polar surface area (TPSA) is 38.1 Å². The fraction of sp³-hybridized carbons (Fsp3) is 0.222. The fourth-order valence-corrected chi connectivity index (χ4v) is 3.25. The maximum atomic E-state index is 12.5. The number of amides is 1. The number of carbonyl (C=O) groups is 1. The minimum atomic E-state index is -4.52. The molecule has 2 heterocycles. The second kappa shape index (κ2) is 7.33. The van der Waals surface area contributed by atoms with E-state index >= 15 is 0 Å². The first kappa shape index (κ1) is 18.2. The van der Waals surface area contributed by atoms with E-state index in [2.05, 4.69) is 5.10 Å². The van der Waals surface area contributed by atoms with Crippen LogP contribution >= 0.6 is 11.3 Å². The van der Waals surface area contributed by atoms with Crippen LogP contribution in [0.15, 0.2) is 54.0 Å². The second-order valence-corrected chi connectivity index (χ2v) is 6.75. The lowest BCUT2D eigenvalue weighted by atomic mass is 10.2. The van der Waals surface area contributed by atoms with Gasteiger partial charge in [-0.2, -0.15) is 18.3 Å². The number of nitrogens with zero attached hydrogens (tertiary/aromatic N) is 3. The van der Waals surface area contributed by atoms with Gasteiger partial charge < -0.3 is 4.90 Å². The van der Waals surface area contributed by atoms with Crippen molar-refractivity contribution >= 4 is 17.2 Å². The van der Waals surface area contributed by atoms with Gasteiger partial charge in [-0.1, -0.05) is 24.3 Å². The lowest BCUT2D eigenvalue weighted by molar-refractivity contribution is -0.160. The van der Waals surface area contributed by atoms with E-state index in [1.807, 2.05) is 47.8 Å². The lowest BCUT2D eigenvalue weighted by Crippen LogP contribution is -2.30. The van der Waals surface area contributed by atoms with Crippen LogP contribution in [0.4, 0.5) is 13.2 Å². The summed E-state index contributed by atoms with van der Waals surface area (Å²) >= 11 is 1.48. The normalized spacial score (nSPS) is 11.5.